The maximum Gasteiger partial charge on any atom is 0.0468 e. The van der Waals surface area contributed by atoms with Gasteiger partial charge < -0.3 is 5.32 Å². The van der Waals surface area contributed by atoms with E-state index in [0.29, 0.717) is 11.1 Å². The van der Waals surface area contributed by atoms with Crippen LogP contribution >= 0.6 is 23.2 Å². The van der Waals surface area contributed by atoms with Crippen LogP contribution in [0.2, 0.25) is 10.0 Å². The molecule has 1 N–H and O–H groups in total. The van der Waals surface area contributed by atoms with Crippen LogP contribution in [-0.2, 0) is 0 Å². The topological polar surface area (TPSA) is 15.3 Å². The van der Waals surface area contributed by atoms with E-state index in [2.05, 4.69) is 17.1 Å². The smallest absolute Gasteiger partial charge is 0.0468 e. The second-order valence-electron chi connectivity index (χ2n) is 5.69. The number of nitrogens with zero attached hydrogens (tertiary/aromatic N) is 1. The highest BCUT2D eigenvalue weighted by Gasteiger charge is 2.37. The Hall–Kier alpha value is -0.280. The molecule has 3 rings (SSSR count). The summed E-state index contributed by atoms with van der Waals surface area (Å²) in [5, 5.41) is 5.21. The highest BCUT2D eigenvalue weighted by molar-refractivity contribution is 6.35. The van der Waals surface area contributed by atoms with E-state index >= 15 is 0 Å². The predicted molar refractivity (Wildman–Crippen MR) is 81.0 cm³/mol. The molecule has 0 saturated carbocycles. The van der Waals surface area contributed by atoms with Gasteiger partial charge >= 0.3 is 0 Å². The molecule has 19 heavy (non-hydrogen) atoms. The van der Waals surface area contributed by atoms with E-state index in [1.807, 2.05) is 18.2 Å². The molecule has 0 radical (unpaired) electrons. The van der Waals surface area contributed by atoms with Crippen LogP contribution in [0.3, 0.4) is 0 Å². The zero-order valence-corrected chi connectivity index (χ0v) is 12.7. The molecule has 0 amide bonds. The van der Waals surface area contributed by atoms with Gasteiger partial charge in [0.15, 0.2) is 0 Å². The minimum absolute atomic E-state index is 0.273. The van der Waals surface area contributed by atoms with Gasteiger partial charge in [-0.25, -0.2) is 0 Å². The van der Waals surface area contributed by atoms with Crippen molar-refractivity contribution in [3.05, 3.63) is 33.8 Å². The molecule has 0 aliphatic carbocycles. The van der Waals surface area contributed by atoms with Crippen LogP contribution in [0.1, 0.15) is 37.8 Å². The molecule has 0 bridgehead atoms. The molecule has 1 aromatic rings. The summed E-state index contributed by atoms with van der Waals surface area (Å²) in [7, 11) is 0. The summed E-state index contributed by atoms with van der Waals surface area (Å²) in [4.78, 5) is 2.62. The van der Waals surface area contributed by atoms with Gasteiger partial charge in [0.1, 0.15) is 0 Å². The lowest BCUT2D eigenvalue weighted by atomic mass is 10.0. The van der Waals surface area contributed by atoms with Crippen LogP contribution in [0.25, 0.3) is 0 Å². The minimum atomic E-state index is 0.273. The first kappa shape index (κ1) is 13.7. The van der Waals surface area contributed by atoms with Gasteiger partial charge in [-0.1, -0.05) is 29.3 Å². The highest BCUT2D eigenvalue weighted by atomic mass is 35.5. The van der Waals surface area contributed by atoms with Crippen LogP contribution in [0.15, 0.2) is 18.2 Å². The van der Waals surface area contributed by atoms with Gasteiger partial charge in [-0.3, -0.25) is 4.90 Å². The van der Waals surface area contributed by atoms with Crippen molar-refractivity contribution in [1.29, 1.82) is 0 Å². The van der Waals surface area contributed by atoms with E-state index < -0.39 is 0 Å². The summed E-state index contributed by atoms with van der Waals surface area (Å²) >= 11 is 12.2. The number of benzene rings is 1. The zero-order valence-electron chi connectivity index (χ0n) is 11.2. The molecule has 1 aromatic carbocycles. The predicted octanol–water partition coefficient (Wildman–Crippen LogP) is 3.88. The van der Waals surface area contributed by atoms with Crippen molar-refractivity contribution >= 4 is 23.2 Å². The van der Waals surface area contributed by atoms with E-state index in [9.17, 15) is 0 Å². The second kappa shape index (κ2) is 5.61. The normalized spacial score (nSPS) is 28.6. The zero-order chi connectivity index (χ0) is 13.4. The molecular formula is C15H20Cl2N2. The number of rotatable bonds is 3. The Bertz CT molecular complexity index is 463. The highest BCUT2D eigenvalue weighted by Crippen LogP contribution is 2.31. The summed E-state index contributed by atoms with van der Waals surface area (Å²) < 4.78 is 0. The summed E-state index contributed by atoms with van der Waals surface area (Å²) in [6.45, 7) is 4.70. The quantitative estimate of drug-likeness (QED) is 0.911. The molecule has 2 aliphatic rings. The van der Waals surface area contributed by atoms with Gasteiger partial charge in [0.25, 0.3) is 0 Å². The first-order valence-electron chi connectivity index (χ1n) is 7.10. The monoisotopic (exact) mass is 298 g/mol. The Kier molecular flexibility index (Phi) is 4.04. The van der Waals surface area contributed by atoms with Crippen molar-refractivity contribution < 1.29 is 0 Å². The van der Waals surface area contributed by atoms with Crippen LogP contribution in [0, 0.1) is 0 Å². The SMILES string of the molecule is CC(NC1CCN2CCCC12)c1ccc(Cl)cc1Cl. The third-order valence-electron chi connectivity index (χ3n) is 4.50. The van der Waals surface area contributed by atoms with Crippen molar-refractivity contribution in [1.82, 2.24) is 10.2 Å². The van der Waals surface area contributed by atoms with Crippen LogP contribution in [-0.4, -0.2) is 30.1 Å². The fraction of sp³-hybridized carbons (Fsp3) is 0.600. The Labute approximate surface area is 125 Å². The van der Waals surface area contributed by atoms with Crippen molar-refractivity contribution in [2.75, 3.05) is 13.1 Å². The van der Waals surface area contributed by atoms with Crippen LogP contribution in [0.4, 0.5) is 0 Å². The number of hydrogen-bond acceptors (Lipinski definition) is 2. The summed E-state index contributed by atoms with van der Waals surface area (Å²) in [6, 6.07) is 7.38. The Morgan fingerprint density at radius 3 is 2.89 bits per heavy atom. The van der Waals surface area contributed by atoms with E-state index in [4.69, 9.17) is 23.2 Å². The lowest BCUT2D eigenvalue weighted by Crippen LogP contribution is -2.40. The van der Waals surface area contributed by atoms with Crippen LogP contribution in [0.5, 0.6) is 0 Å². The largest absolute Gasteiger partial charge is 0.306 e. The summed E-state index contributed by atoms with van der Waals surface area (Å²) in [6.07, 6.45) is 3.93. The Morgan fingerprint density at radius 1 is 1.26 bits per heavy atom. The molecule has 4 heteroatoms. The van der Waals surface area contributed by atoms with Gasteiger partial charge in [0.2, 0.25) is 0 Å². The maximum absolute atomic E-state index is 6.29. The van der Waals surface area contributed by atoms with Crippen molar-refractivity contribution in [3.63, 3.8) is 0 Å². The fourth-order valence-electron chi connectivity index (χ4n) is 3.54. The maximum atomic E-state index is 6.29. The lowest BCUT2D eigenvalue weighted by Gasteiger charge is -2.25. The Morgan fingerprint density at radius 2 is 2.11 bits per heavy atom. The molecule has 2 aliphatic heterocycles. The first-order valence-corrected chi connectivity index (χ1v) is 7.86. The molecule has 3 unspecified atom stereocenters. The van der Waals surface area contributed by atoms with Crippen molar-refractivity contribution in [2.24, 2.45) is 0 Å². The van der Waals surface area contributed by atoms with Gasteiger partial charge in [0, 0.05) is 34.7 Å². The number of nitrogens with one attached hydrogen (secondary N) is 1. The minimum Gasteiger partial charge on any atom is -0.306 e. The number of hydrogen-bond donors (Lipinski definition) is 1. The molecule has 2 nitrogen and oxygen atoms in total. The average molecular weight is 299 g/mol. The van der Waals surface area contributed by atoms with Crippen molar-refractivity contribution in [2.45, 2.75) is 44.3 Å². The molecule has 3 atom stereocenters. The van der Waals surface area contributed by atoms with E-state index in [0.717, 1.165) is 16.6 Å². The standard InChI is InChI=1S/C15H20Cl2N2/c1-10(12-5-4-11(16)9-13(12)17)18-14-6-8-19-7-2-3-15(14)19/h4-5,9-10,14-15,18H,2-3,6-8H2,1H3. The van der Waals surface area contributed by atoms with Crippen LogP contribution < -0.4 is 5.32 Å². The first-order chi connectivity index (χ1) is 9.15. The molecule has 0 spiro atoms. The molecule has 104 valence electrons. The fourth-order valence-corrected chi connectivity index (χ4v) is 4.11. The van der Waals surface area contributed by atoms with Gasteiger partial charge in [-0.15, -0.1) is 0 Å². The third kappa shape index (κ3) is 2.78. The van der Waals surface area contributed by atoms with Gasteiger partial charge in [-0.05, 0) is 50.4 Å². The van der Waals surface area contributed by atoms with E-state index in [1.54, 1.807) is 0 Å². The van der Waals surface area contributed by atoms with E-state index in [1.165, 1.54) is 32.4 Å². The van der Waals surface area contributed by atoms with Gasteiger partial charge in [-0.2, -0.15) is 0 Å². The Balaban J connectivity index is 1.69. The molecule has 2 fully saturated rings. The molecule has 2 heterocycles. The summed E-state index contributed by atoms with van der Waals surface area (Å²) in [5.41, 5.74) is 1.14. The molecule has 0 aromatic heterocycles. The lowest BCUT2D eigenvalue weighted by molar-refractivity contribution is 0.291. The number of fused-ring (bicyclic) bond motifs is 1. The third-order valence-corrected chi connectivity index (χ3v) is 5.06. The summed E-state index contributed by atoms with van der Waals surface area (Å²) in [5.74, 6) is 0. The van der Waals surface area contributed by atoms with E-state index in [-0.39, 0.29) is 6.04 Å². The second-order valence-corrected chi connectivity index (χ2v) is 6.54. The number of halogens is 2. The van der Waals surface area contributed by atoms with Crippen molar-refractivity contribution in [3.8, 4) is 0 Å². The average Bonchev–Trinajstić information content (AvgIpc) is 2.94. The molecular weight excluding hydrogens is 279 g/mol. The van der Waals surface area contributed by atoms with Gasteiger partial charge in [0.05, 0.1) is 0 Å². The molecule has 2 saturated heterocycles.